The molecule has 2 aromatic heterocycles. The predicted octanol–water partition coefficient (Wildman–Crippen LogP) is 4.40. The molecule has 1 amide bonds. The normalized spacial score (nSPS) is 18.9. The van der Waals surface area contributed by atoms with Crippen molar-refractivity contribution in [3.8, 4) is 21.9 Å². The molecule has 1 aromatic carbocycles. The van der Waals surface area contributed by atoms with Gasteiger partial charge in [0, 0.05) is 12.6 Å². The number of ketones is 1. The van der Waals surface area contributed by atoms with Gasteiger partial charge in [-0.15, -0.1) is 8.78 Å². The Kier molecular flexibility index (Phi) is 4.14. The van der Waals surface area contributed by atoms with Gasteiger partial charge in [0.2, 0.25) is 5.91 Å². The highest BCUT2D eigenvalue weighted by atomic mass is 32.1. The summed E-state index contributed by atoms with van der Waals surface area (Å²) in [4.78, 5) is 29.9. The van der Waals surface area contributed by atoms with Crippen LogP contribution in [0.25, 0.3) is 10.4 Å². The first-order valence-corrected chi connectivity index (χ1v) is 10.0. The SMILES string of the molecule is Cc1nc(NC(=O)C2CCC(=O)c3cccn32)sc1-c1ccc2c(c1)OC(F)(F)O2. The van der Waals surface area contributed by atoms with Gasteiger partial charge in [0.15, 0.2) is 22.4 Å². The van der Waals surface area contributed by atoms with Gasteiger partial charge in [-0.1, -0.05) is 11.3 Å². The van der Waals surface area contributed by atoms with E-state index < -0.39 is 12.3 Å². The maximum absolute atomic E-state index is 13.3. The number of amides is 1. The van der Waals surface area contributed by atoms with E-state index in [4.69, 9.17) is 0 Å². The van der Waals surface area contributed by atoms with Crippen molar-refractivity contribution in [2.45, 2.75) is 32.1 Å². The van der Waals surface area contributed by atoms with Crippen LogP contribution in [0.1, 0.15) is 35.1 Å². The molecule has 0 fully saturated rings. The van der Waals surface area contributed by atoms with Crippen LogP contribution < -0.4 is 14.8 Å². The van der Waals surface area contributed by atoms with Crippen molar-refractivity contribution < 1.29 is 27.8 Å². The van der Waals surface area contributed by atoms with E-state index in [-0.39, 0.29) is 23.2 Å². The highest BCUT2D eigenvalue weighted by Gasteiger charge is 2.43. The summed E-state index contributed by atoms with van der Waals surface area (Å²) in [7, 11) is 0. The molecule has 2 aliphatic heterocycles. The molecule has 0 saturated heterocycles. The zero-order valence-corrected chi connectivity index (χ0v) is 16.5. The number of carbonyl (C=O) groups is 2. The number of rotatable bonds is 3. The van der Waals surface area contributed by atoms with E-state index in [1.165, 1.54) is 23.5 Å². The number of alkyl halides is 2. The van der Waals surface area contributed by atoms with E-state index in [0.29, 0.717) is 39.8 Å². The van der Waals surface area contributed by atoms with Crippen molar-refractivity contribution in [2.24, 2.45) is 0 Å². The molecule has 0 aliphatic carbocycles. The zero-order chi connectivity index (χ0) is 21.0. The summed E-state index contributed by atoms with van der Waals surface area (Å²) in [6.07, 6.45) is -1.23. The molecular weight excluding hydrogens is 416 g/mol. The van der Waals surface area contributed by atoms with Crippen LogP contribution in [0.4, 0.5) is 13.9 Å². The van der Waals surface area contributed by atoms with Crippen LogP contribution >= 0.6 is 11.3 Å². The first-order chi connectivity index (χ1) is 14.3. The van der Waals surface area contributed by atoms with Gasteiger partial charge in [0.25, 0.3) is 0 Å². The Bertz CT molecular complexity index is 1190. The number of aryl methyl sites for hydroxylation is 1. The monoisotopic (exact) mass is 431 g/mol. The molecule has 0 bridgehead atoms. The summed E-state index contributed by atoms with van der Waals surface area (Å²) in [6, 6.07) is 7.46. The summed E-state index contributed by atoms with van der Waals surface area (Å²) in [6.45, 7) is 1.77. The zero-order valence-electron chi connectivity index (χ0n) is 15.6. The maximum atomic E-state index is 13.3. The lowest BCUT2D eigenvalue weighted by atomic mass is 10.0. The number of anilines is 1. The molecule has 1 atom stereocenters. The van der Waals surface area contributed by atoms with E-state index >= 15 is 0 Å². The van der Waals surface area contributed by atoms with Crippen molar-refractivity contribution in [2.75, 3.05) is 5.32 Å². The lowest BCUT2D eigenvalue weighted by Crippen LogP contribution is -2.31. The molecule has 10 heteroatoms. The van der Waals surface area contributed by atoms with E-state index in [1.807, 2.05) is 0 Å². The number of benzene rings is 1. The topological polar surface area (TPSA) is 82.5 Å². The van der Waals surface area contributed by atoms with E-state index in [2.05, 4.69) is 19.8 Å². The summed E-state index contributed by atoms with van der Waals surface area (Å²) in [5.74, 6) is -0.327. The van der Waals surface area contributed by atoms with E-state index in [9.17, 15) is 18.4 Å². The molecule has 0 radical (unpaired) electrons. The van der Waals surface area contributed by atoms with Crippen LogP contribution in [-0.2, 0) is 4.79 Å². The average Bonchev–Trinajstić information content (AvgIpc) is 3.37. The summed E-state index contributed by atoms with van der Waals surface area (Å²) < 4.78 is 37.1. The largest absolute Gasteiger partial charge is 0.586 e. The van der Waals surface area contributed by atoms with Crippen LogP contribution in [0.5, 0.6) is 11.5 Å². The third kappa shape index (κ3) is 3.13. The van der Waals surface area contributed by atoms with Gasteiger partial charge in [-0.2, -0.15) is 0 Å². The van der Waals surface area contributed by atoms with Crippen LogP contribution in [-0.4, -0.2) is 27.5 Å². The van der Waals surface area contributed by atoms with Gasteiger partial charge in [-0.25, -0.2) is 4.98 Å². The first kappa shape index (κ1) is 18.7. The van der Waals surface area contributed by atoms with Crippen molar-refractivity contribution in [1.82, 2.24) is 9.55 Å². The van der Waals surface area contributed by atoms with Crippen molar-refractivity contribution >= 4 is 28.2 Å². The second-order valence-electron chi connectivity index (χ2n) is 7.03. The molecule has 5 rings (SSSR count). The number of thiazole rings is 1. The van der Waals surface area contributed by atoms with Crippen molar-refractivity contribution in [3.05, 3.63) is 47.9 Å². The van der Waals surface area contributed by atoms with Gasteiger partial charge in [0.05, 0.1) is 16.3 Å². The van der Waals surface area contributed by atoms with Crippen molar-refractivity contribution in [1.29, 1.82) is 0 Å². The molecule has 30 heavy (non-hydrogen) atoms. The number of fused-ring (bicyclic) bond motifs is 2. The third-order valence-electron chi connectivity index (χ3n) is 5.04. The second kappa shape index (κ2) is 6.63. The minimum absolute atomic E-state index is 0.0183. The van der Waals surface area contributed by atoms with Crippen LogP contribution in [0.3, 0.4) is 0 Å². The number of hydrogen-bond donors (Lipinski definition) is 1. The molecule has 0 spiro atoms. The smallest absolute Gasteiger partial charge is 0.395 e. The minimum atomic E-state index is -3.68. The summed E-state index contributed by atoms with van der Waals surface area (Å²) in [5, 5.41) is 3.20. The Balaban J connectivity index is 1.38. The van der Waals surface area contributed by atoms with Crippen LogP contribution in [0, 0.1) is 6.92 Å². The standard InChI is InChI=1S/C20H15F2N3O4S/c1-10-17(11-4-7-15-16(9-11)29-20(21,22)28-15)30-19(23-10)24-18(27)13-5-6-14(26)12-3-2-8-25(12)13/h2-4,7-9,13H,5-6H2,1H3,(H,23,24,27). The molecule has 2 aliphatic rings. The highest BCUT2D eigenvalue weighted by Crippen LogP contribution is 2.44. The predicted molar refractivity (Wildman–Crippen MR) is 104 cm³/mol. The second-order valence-corrected chi connectivity index (χ2v) is 8.03. The molecule has 7 nitrogen and oxygen atoms in total. The molecular formula is C20H15F2N3O4S. The minimum Gasteiger partial charge on any atom is -0.395 e. The van der Waals surface area contributed by atoms with E-state index in [1.54, 1.807) is 35.9 Å². The number of carbonyl (C=O) groups excluding carboxylic acids is 2. The fourth-order valence-electron chi connectivity index (χ4n) is 3.69. The molecule has 3 aromatic rings. The first-order valence-electron chi connectivity index (χ1n) is 9.19. The lowest BCUT2D eigenvalue weighted by Gasteiger charge is -2.24. The van der Waals surface area contributed by atoms with Crippen LogP contribution in [0.15, 0.2) is 36.5 Å². The highest BCUT2D eigenvalue weighted by molar-refractivity contribution is 7.19. The summed E-state index contributed by atoms with van der Waals surface area (Å²) in [5.41, 5.74) is 1.79. The molecule has 154 valence electrons. The van der Waals surface area contributed by atoms with Crippen molar-refractivity contribution in [3.63, 3.8) is 0 Å². The fourth-order valence-corrected chi connectivity index (χ4v) is 4.66. The Morgan fingerprint density at radius 1 is 1.30 bits per heavy atom. The quantitative estimate of drug-likeness (QED) is 0.665. The lowest BCUT2D eigenvalue weighted by molar-refractivity contribution is -0.286. The van der Waals surface area contributed by atoms with Gasteiger partial charge < -0.3 is 19.4 Å². The molecule has 1 unspecified atom stereocenters. The van der Waals surface area contributed by atoms with Crippen LogP contribution in [0.2, 0.25) is 0 Å². The Morgan fingerprint density at radius 2 is 2.10 bits per heavy atom. The number of nitrogens with zero attached hydrogens (tertiary/aromatic N) is 2. The van der Waals surface area contributed by atoms with Gasteiger partial charge in [-0.05, 0) is 49.2 Å². The number of hydrogen-bond acceptors (Lipinski definition) is 6. The van der Waals surface area contributed by atoms with Gasteiger partial charge in [0.1, 0.15) is 6.04 Å². The number of Topliss-reactive ketones (excluding diaryl/α,β-unsaturated/α-hetero) is 1. The number of nitrogens with one attached hydrogen (secondary N) is 1. The molecule has 1 N–H and O–H groups in total. The maximum Gasteiger partial charge on any atom is 0.586 e. The summed E-state index contributed by atoms with van der Waals surface area (Å²) >= 11 is 1.23. The Hall–Kier alpha value is -3.27. The van der Waals surface area contributed by atoms with Gasteiger partial charge in [-0.3, -0.25) is 9.59 Å². The average molecular weight is 431 g/mol. The number of halogens is 2. The molecule has 4 heterocycles. The third-order valence-corrected chi connectivity index (χ3v) is 6.16. The Labute approximate surface area is 173 Å². The van der Waals surface area contributed by atoms with Gasteiger partial charge >= 0.3 is 6.29 Å². The van der Waals surface area contributed by atoms with E-state index in [0.717, 1.165) is 0 Å². The fraction of sp³-hybridized carbons (Fsp3) is 0.250. The molecule has 0 saturated carbocycles. The Morgan fingerprint density at radius 3 is 2.93 bits per heavy atom. The number of aromatic nitrogens is 2. The number of ether oxygens (including phenoxy) is 2.